The van der Waals surface area contributed by atoms with Crippen LogP contribution in [-0.4, -0.2) is 42.7 Å². The maximum atomic E-state index is 10.8. The van der Waals surface area contributed by atoms with Crippen molar-refractivity contribution in [1.82, 2.24) is 0 Å². The second-order valence-electron chi connectivity index (χ2n) is 9.67. The van der Waals surface area contributed by atoms with E-state index in [0.29, 0.717) is 5.57 Å². The molecule has 0 aliphatic heterocycles. The van der Waals surface area contributed by atoms with Gasteiger partial charge in [-0.25, -0.2) is 4.79 Å². The first-order valence-corrected chi connectivity index (χ1v) is 12.6. The fourth-order valence-corrected chi connectivity index (χ4v) is 3.92. The zero-order valence-electron chi connectivity index (χ0n) is 20.3. The van der Waals surface area contributed by atoms with Crippen molar-refractivity contribution in [3.05, 3.63) is 11.6 Å². The molecule has 0 saturated heterocycles. The summed E-state index contributed by atoms with van der Waals surface area (Å²) in [6.45, 7) is 6.17. The molecule has 3 nitrogen and oxygen atoms in total. The number of rotatable bonds is 21. The highest BCUT2D eigenvalue weighted by Crippen LogP contribution is 2.14. The molecule has 0 aromatic heterocycles. The van der Waals surface area contributed by atoms with Gasteiger partial charge in [-0.15, -0.1) is 0 Å². The Morgan fingerprint density at radius 1 is 0.690 bits per heavy atom. The Morgan fingerprint density at radius 2 is 1.07 bits per heavy atom. The lowest BCUT2D eigenvalue weighted by molar-refractivity contribution is -0.890. The number of aliphatic carboxylic acids is 1. The van der Waals surface area contributed by atoms with Crippen molar-refractivity contribution in [2.24, 2.45) is 0 Å². The summed E-state index contributed by atoms with van der Waals surface area (Å²) in [6.07, 6.45) is 25.3. The second-order valence-corrected chi connectivity index (χ2v) is 9.67. The van der Waals surface area contributed by atoms with Crippen LogP contribution in [0.25, 0.3) is 0 Å². The SMILES string of the molecule is CCCCCCCCCCCCCCCCCC[N+](C)(C)CCC=C(C)C(=O)O. The Balaban J connectivity index is 3.37. The van der Waals surface area contributed by atoms with Gasteiger partial charge in [0, 0.05) is 12.0 Å². The van der Waals surface area contributed by atoms with Gasteiger partial charge in [-0.1, -0.05) is 103 Å². The van der Waals surface area contributed by atoms with Crippen LogP contribution in [0.15, 0.2) is 11.6 Å². The molecule has 0 aromatic carbocycles. The highest BCUT2D eigenvalue weighted by Gasteiger charge is 2.13. The Kier molecular flexibility index (Phi) is 18.6. The van der Waals surface area contributed by atoms with E-state index in [2.05, 4.69) is 21.0 Å². The van der Waals surface area contributed by atoms with Gasteiger partial charge >= 0.3 is 5.97 Å². The summed E-state index contributed by atoms with van der Waals surface area (Å²) >= 11 is 0. The molecule has 172 valence electrons. The lowest BCUT2D eigenvalue weighted by Crippen LogP contribution is -2.41. The monoisotopic (exact) mass is 410 g/mol. The van der Waals surface area contributed by atoms with Gasteiger partial charge in [0.1, 0.15) is 0 Å². The number of carboxylic acids is 1. The summed E-state index contributed by atoms with van der Waals surface area (Å²) in [5.41, 5.74) is 0.465. The fourth-order valence-electron chi connectivity index (χ4n) is 3.92. The van der Waals surface area contributed by atoms with Crippen LogP contribution in [0.1, 0.15) is 123 Å². The zero-order valence-corrected chi connectivity index (χ0v) is 20.3. The smallest absolute Gasteiger partial charge is 0.330 e. The van der Waals surface area contributed by atoms with Crippen LogP contribution in [0, 0.1) is 0 Å². The average Bonchev–Trinajstić information content (AvgIpc) is 2.67. The fraction of sp³-hybridized carbons (Fsp3) is 0.885. The van der Waals surface area contributed by atoms with E-state index in [9.17, 15) is 4.79 Å². The molecule has 0 aliphatic carbocycles. The number of carbonyl (C=O) groups is 1. The van der Waals surface area contributed by atoms with Crippen LogP contribution >= 0.6 is 0 Å². The molecule has 3 heteroatoms. The van der Waals surface area contributed by atoms with E-state index < -0.39 is 5.97 Å². The van der Waals surface area contributed by atoms with E-state index in [1.54, 1.807) is 6.92 Å². The third-order valence-corrected chi connectivity index (χ3v) is 6.14. The van der Waals surface area contributed by atoms with Crippen molar-refractivity contribution in [1.29, 1.82) is 0 Å². The molecule has 0 amide bonds. The van der Waals surface area contributed by atoms with E-state index in [1.165, 1.54) is 109 Å². The molecular formula is C26H52NO2+. The minimum Gasteiger partial charge on any atom is -0.478 e. The zero-order chi connectivity index (χ0) is 21.8. The number of quaternary nitrogens is 1. The van der Waals surface area contributed by atoms with Crippen LogP contribution in [0.5, 0.6) is 0 Å². The lowest BCUT2D eigenvalue weighted by atomic mass is 10.0. The molecule has 0 saturated carbocycles. The minimum atomic E-state index is -0.798. The largest absolute Gasteiger partial charge is 0.478 e. The van der Waals surface area contributed by atoms with E-state index in [1.807, 2.05) is 6.08 Å². The summed E-state index contributed by atoms with van der Waals surface area (Å²) in [7, 11) is 4.52. The minimum absolute atomic E-state index is 0.465. The molecule has 0 aromatic rings. The van der Waals surface area contributed by atoms with E-state index in [-0.39, 0.29) is 0 Å². The van der Waals surface area contributed by atoms with Crippen LogP contribution < -0.4 is 0 Å². The molecule has 0 spiro atoms. The predicted octanol–water partition coefficient (Wildman–Crippen LogP) is 7.75. The van der Waals surface area contributed by atoms with Crippen LogP contribution in [0.2, 0.25) is 0 Å². The molecule has 0 atom stereocenters. The summed E-state index contributed by atoms with van der Waals surface area (Å²) < 4.78 is 0.988. The van der Waals surface area contributed by atoms with Gasteiger partial charge in [0.15, 0.2) is 0 Å². The molecule has 0 aliphatic rings. The summed E-state index contributed by atoms with van der Waals surface area (Å²) in [6, 6.07) is 0. The number of hydrogen-bond donors (Lipinski definition) is 1. The predicted molar refractivity (Wildman–Crippen MR) is 127 cm³/mol. The first-order valence-electron chi connectivity index (χ1n) is 12.6. The summed E-state index contributed by atoms with van der Waals surface area (Å²) in [4.78, 5) is 10.8. The maximum Gasteiger partial charge on any atom is 0.330 e. The van der Waals surface area contributed by atoms with Gasteiger partial charge in [-0.3, -0.25) is 0 Å². The van der Waals surface area contributed by atoms with E-state index in [0.717, 1.165) is 17.4 Å². The van der Waals surface area contributed by atoms with Crippen molar-refractivity contribution in [3.8, 4) is 0 Å². The average molecular weight is 411 g/mol. The van der Waals surface area contributed by atoms with Gasteiger partial charge in [-0.2, -0.15) is 0 Å². The Labute approximate surface area is 182 Å². The Morgan fingerprint density at radius 3 is 1.45 bits per heavy atom. The highest BCUT2D eigenvalue weighted by atomic mass is 16.4. The normalized spacial score (nSPS) is 12.5. The van der Waals surface area contributed by atoms with Gasteiger partial charge in [0.2, 0.25) is 0 Å². The van der Waals surface area contributed by atoms with Crippen LogP contribution in [0.4, 0.5) is 0 Å². The Hall–Kier alpha value is -0.830. The van der Waals surface area contributed by atoms with Gasteiger partial charge in [0.25, 0.3) is 0 Å². The number of unbranched alkanes of at least 4 members (excludes halogenated alkanes) is 15. The van der Waals surface area contributed by atoms with Crippen molar-refractivity contribution >= 4 is 5.97 Å². The molecule has 1 N–H and O–H groups in total. The number of hydrogen-bond acceptors (Lipinski definition) is 1. The molecule has 0 radical (unpaired) electrons. The molecule has 0 rings (SSSR count). The second kappa shape index (κ2) is 19.2. The lowest BCUT2D eigenvalue weighted by Gasteiger charge is -2.29. The van der Waals surface area contributed by atoms with E-state index in [4.69, 9.17) is 5.11 Å². The molecule has 0 bridgehead atoms. The maximum absolute atomic E-state index is 10.8. The third kappa shape index (κ3) is 20.2. The highest BCUT2D eigenvalue weighted by molar-refractivity contribution is 5.85. The van der Waals surface area contributed by atoms with Crippen molar-refractivity contribution in [3.63, 3.8) is 0 Å². The number of carboxylic acid groups (broad SMARTS) is 1. The molecule has 29 heavy (non-hydrogen) atoms. The van der Waals surface area contributed by atoms with Gasteiger partial charge in [-0.05, 0) is 19.8 Å². The topological polar surface area (TPSA) is 37.3 Å². The first kappa shape index (κ1) is 28.2. The molecular weight excluding hydrogens is 358 g/mol. The first-order chi connectivity index (χ1) is 13.9. The quantitative estimate of drug-likeness (QED) is 0.119. The molecule has 0 unspecified atom stereocenters. The van der Waals surface area contributed by atoms with E-state index >= 15 is 0 Å². The molecule has 0 heterocycles. The standard InChI is InChI=1S/C26H51NO2/c1-5-6-7-8-9-10-11-12-13-14-15-16-17-18-19-20-23-27(3,4)24-21-22-25(2)26(28)29/h22H,5-21,23-24H2,1-4H3/p+1. The number of nitrogens with zero attached hydrogens (tertiary/aromatic N) is 1. The third-order valence-electron chi connectivity index (χ3n) is 6.14. The molecule has 0 fully saturated rings. The Bertz CT molecular complexity index is 415. The van der Waals surface area contributed by atoms with Crippen molar-refractivity contribution < 1.29 is 14.4 Å². The van der Waals surface area contributed by atoms with Crippen LogP contribution in [-0.2, 0) is 4.79 Å². The van der Waals surface area contributed by atoms with Crippen LogP contribution in [0.3, 0.4) is 0 Å². The van der Waals surface area contributed by atoms with Crippen molar-refractivity contribution in [2.75, 3.05) is 27.2 Å². The van der Waals surface area contributed by atoms with Gasteiger partial charge in [0.05, 0.1) is 27.2 Å². The summed E-state index contributed by atoms with van der Waals surface area (Å²) in [5.74, 6) is -0.798. The van der Waals surface area contributed by atoms with Crippen molar-refractivity contribution in [2.45, 2.75) is 123 Å². The van der Waals surface area contributed by atoms with Gasteiger partial charge < -0.3 is 9.59 Å². The summed E-state index contributed by atoms with van der Waals surface area (Å²) in [5, 5.41) is 8.90.